The second-order valence-electron chi connectivity index (χ2n) is 9.27. The summed E-state index contributed by atoms with van der Waals surface area (Å²) in [5.41, 5.74) is 2.23. The molecule has 8 heteroatoms. The zero-order valence-corrected chi connectivity index (χ0v) is 21.5. The Labute approximate surface area is 214 Å². The minimum absolute atomic E-state index is 0.0662. The molecule has 3 aromatic rings. The van der Waals surface area contributed by atoms with Gasteiger partial charge in [-0.2, -0.15) is 0 Å². The Morgan fingerprint density at radius 2 is 1.57 bits per heavy atom. The van der Waals surface area contributed by atoms with Crippen molar-refractivity contribution in [2.75, 3.05) is 31.2 Å². The molecule has 0 N–H and O–H groups in total. The standard InChI is InChI=1S/C27H30BrN5O2/c1-3-16-31-20-32(21-10-6-4-7-11-21)27(26(31)35)14-17-30(18-15-27)19-23-24(28)25(34)33(29(23)2)22-12-8-5-9-13-22/h3-13H,1,14-20H2,2H3. The molecular formula is C27H30BrN5O2. The smallest absolute Gasteiger partial charge is 0.286 e. The van der Waals surface area contributed by atoms with Crippen LogP contribution in [0.25, 0.3) is 5.69 Å². The molecule has 2 fully saturated rings. The second-order valence-corrected chi connectivity index (χ2v) is 10.1. The van der Waals surface area contributed by atoms with Gasteiger partial charge in [-0.1, -0.05) is 42.5 Å². The Morgan fingerprint density at radius 1 is 0.971 bits per heavy atom. The lowest BCUT2D eigenvalue weighted by Crippen LogP contribution is -2.56. The van der Waals surface area contributed by atoms with E-state index < -0.39 is 5.54 Å². The van der Waals surface area contributed by atoms with Crippen LogP contribution in [0.5, 0.6) is 0 Å². The first-order chi connectivity index (χ1) is 17.0. The Kier molecular flexibility index (Phi) is 6.42. The van der Waals surface area contributed by atoms with Gasteiger partial charge in [-0.15, -0.1) is 6.58 Å². The highest BCUT2D eigenvalue weighted by atomic mass is 79.9. The van der Waals surface area contributed by atoms with E-state index in [1.54, 1.807) is 10.8 Å². The van der Waals surface area contributed by atoms with Crippen LogP contribution in [-0.4, -0.2) is 56.9 Å². The zero-order chi connectivity index (χ0) is 24.6. The number of aromatic nitrogens is 2. The number of amides is 1. The Balaban J connectivity index is 1.38. The maximum absolute atomic E-state index is 13.6. The zero-order valence-electron chi connectivity index (χ0n) is 19.9. The molecule has 0 unspecified atom stereocenters. The molecule has 0 saturated carbocycles. The third kappa shape index (κ3) is 4.04. The maximum atomic E-state index is 13.6. The van der Waals surface area contributed by atoms with Crippen molar-refractivity contribution in [2.45, 2.75) is 24.9 Å². The van der Waals surface area contributed by atoms with Crippen LogP contribution < -0.4 is 10.5 Å². The molecule has 1 spiro atoms. The van der Waals surface area contributed by atoms with Crippen molar-refractivity contribution in [1.29, 1.82) is 0 Å². The van der Waals surface area contributed by atoms with Crippen molar-refractivity contribution in [1.82, 2.24) is 19.2 Å². The van der Waals surface area contributed by atoms with Crippen LogP contribution in [-0.2, 0) is 18.4 Å². The average Bonchev–Trinajstić information content (AvgIpc) is 3.27. The van der Waals surface area contributed by atoms with E-state index in [-0.39, 0.29) is 11.5 Å². The van der Waals surface area contributed by atoms with Crippen molar-refractivity contribution >= 4 is 27.5 Å². The quantitative estimate of drug-likeness (QED) is 0.451. The lowest BCUT2D eigenvalue weighted by Gasteiger charge is -2.43. The van der Waals surface area contributed by atoms with E-state index >= 15 is 0 Å². The number of carbonyl (C=O) groups is 1. The molecule has 2 aliphatic heterocycles. The molecule has 182 valence electrons. The highest BCUT2D eigenvalue weighted by molar-refractivity contribution is 9.10. The van der Waals surface area contributed by atoms with Crippen LogP contribution in [0.4, 0.5) is 5.69 Å². The van der Waals surface area contributed by atoms with Gasteiger partial charge >= 0.3 is 0 Å². The molecule has 1 aromatic heterocycles. The van der Waals surface area contributed by atoms with E-state index in [9.17, 15) is 9.59 Å². The van der Waals surface area contributed by atoms with Crippen LogP contribution in [0.3, 0.4) is 0 Å². The monoisotopic (exact) mass is 535 g/mol. The molecule has 2 aliphatic rings. The Bertz CT molecular complexity index is 1280. The molecule has 0 bridgehead atoms. The van der Waals surface area contributed by atoms with E-state index in [2.05, 4.69) is 44.4 Å². The summed E-state index contributed by atoms with van der Waals surface area (Å²) in [5.74, 6) is 0.185. The highest BCUT2D eigenvalue weighted by Crippen LogP contribution is 2.39. The summed E-state index contributed by atoms with van der Waals surface area (Å²) in [5, 5.41) is 0. The van der Waals surface area contributed by atoms with Gasteiger partial charge in [-0.05, 0) is 53.0 Å². The van der Waals surface area contributed by atoms with E-state index in [4.69, 9.17) is 0 Å². The lowest BCUT2D eigenvalue weighted by molar-refractivity contribution is -0.133. The van der Waals surface area contributed by atoms with E-state index in [0.29, 0.717) is 24.2 Å². The van der Waals surface area contributed by atoms with E-state index in [1.807, 2.05) is 65.2 Å². The van der Waals surface area contributed by atoms with Gasteiger partial charge in [0.2, 0.25) is 5.91 Å². The number of hydrogen-bond donors (Lipinski definition) is 0. The summed E-state index contributed by atoms with van der Waals surface area (Å²) in [4.78, 5) is 33.1. The predicted molar refractivity (Wildman–Crippen MR) is 142 cm³/mol. The predicted octanol–water partition coefficient (Wildman–Crippen LogP) is 3.77. The van der Waals surface area contributed by atoms with Gasteiger partial charge < -0.3 is 9.80 Å². The van der Waals surface area contributed by atoms with Crippen LogP contribution in [0.2, 0.25) is 0 Å². The third-order valence-corrected chi connectivity index (χ3v) is 8.11. The topological polar surface area (TPSA) is 53.7 Å². The van der Waals surface area contributed by atoms with Crippen molar-refractivity contribution in [3.63, 3.8) is 0 Å². The maximum Gasteiger partial charge on any atom is 0.286 e. The molecule has 1 amide bonds. The highest BCUT2D eigenvalue weighted by Gasteiger charge is 2.53. The van der Waals surface area contributed by atoms with Crippen LogP contribution in [0.15, 0.2) is 82.6 Å². The summed E-state index contributed by atoms with van der Waals surface area (Å²) < 4.78 is 4.20. The van der Waals surface area contributed by atoms with Gasteiger partial charge in [0.05, 0.1) is 18.1 Å². The van der Waals surface area contributed by atoms with Gasteiger partial charge in [0.1, 0.15) is 10.0 Å². The number of rotatable bonds is 6. The number of likely N-dealkylation sites (tertiary alicyclic amines) is 1. The molecule has 7 nitrogen and oxygen atoms in total. The number of halogens is 1. The van der Waals surface area contributed by atoms with Crippen LogP contribution in [0, 0.1) is 0 Å². The van der Waals surface area contributed by atoms with E-state index in [0.717, 1.165) is 43.0 Å². The molecule has 0 aliphatic carbocycles. The van der Waals surface area contributed by atoms with Crippen molar-refractivity contribution < 1.29 is 4.79 Å². The minimum Gasteiger partial charge on any atom is -0.339 e. The molecule has 2 aromatic carbocycles. The SMILES string of the molecule is C=CCN1CN(c2ccccc2)C2(CCN(Cc3c(Br)c(=O)n(-c4ccccc4)n3C)CC2)C1=O. The van der Waals surface area contributed by atoms with Crippen molar-refractivity contribution in [2.24, 2.45) is 7.05 Å². The van der Waals surface area contributed by atoms with Gasteiger partial charge in [-0.25, -0.2) is 4.68 Å². The number of nitrogens with zero attached hydrogens (tertiary/aromatic N) is 5. The average molecular weight is 536 g/mol. The van der Waals surface area contributed by atoms with Crippen molar-refractivity contribution in [3.05, 3.63) is 93.8 Å². The summed E-state index contributed by atoms with van der Waals surface area (Å²) in [6, 6.07) is 19.9. The number of hydrogen-bond acceptors (Lipinski definition) is 4. The van der Waals surface area contributed by atoms with Gasteiger partial charge in [0.25, 0.3) is 5.56 Å². The first kappa shape index (κ1) is 23.6. The van der Waals surface area contributed by atoms with Gasteiger partial charge in [0, 0.05) is 38.9 Å². The summed E-state index contributed by atoms with van der Waals surface area (Å²) >= 11 is 3.55. The Morgan fingerprint density at radius 3 is 2.17 bits per heavy atom. The summed E-state index contributed by atoms with van der Waals surface area (Å²) in [6.45, 7) is 7.15. The number of carbonyl (C=O) groups excluding carboxylic acids is 1. The Hall–Kier alpha value is -3.10. The second kappa shape index (κ2) is 9.51. The van der Waals surface area contributed by atoms with Gasteiger partial charge in [0.15, 0.2) is 0 Å². The summed E-state index contributed by atoms with van der Waals surface area (Å²) in [6.07, 6.45) is 3.27. The van der Waals surface area contributed by atoms with Crippen LogP contribution in [0.1, 0.15) is 18.5 Å². The number of benzene rings is 2. The number of piperidine rings is 1. The first-order valence-corrected chi connectivity index (χ1v) is 12.7. The molecule has 2 saturated heterocycles. The lowest BCUT2D eigenvalue weighted by atomic mass is 9.85. The fourth-order valence-corrected chi connectivity index (χ4v) is 5.99. The fraction of sp³-hybridized carbons (Fsp3) is 0.333. The third-order valence-electron chi connectivity index (χ3n) is 7.31. The normalized spacial score (nSPS) is 17.9. The number of anilines is 1. The van der Waals surface area contributed by atoms with Crippen molar-refractivity contribution in [3.8, 4) is 5.69 Å². The van der Waals surface area contributed by atoms with E-state index in [1.165, 1.54) is 0 Å². The largest absolute Gasteiger partial charge is 0.339 e. The molecule has 3 heterocycles. The molecule has 0 radical (unpaired) electrons. The molecule has 35 heavy (non-hydrogen) atoms. The molecule has 0 atom stereocenters. The summed E-state index contributed by atoms with van der Waals surface area (Å²) in [7, 11) is 1.92. The first-order valence-electron chi connectivity index (χ1n) is 11.9. The number of para-hydroxylation sites is 2. The fourth-order valence-electron chi connectivity index (χ4n) is 5.44. The van der Waals surface area contributed by atoms with Crippen LogP contribution >= 0.6 is 15.9 Å². The minimum atomic E-state index is -0.542. The molecule has 5 rings (SSSR count). The molecular weight excluding hydrogens is 506 g/mol. The van der Waals surface area contributed by atoms with Gasteiger partial charge in [-0.3, -0.25) is 19.2 Å².